The molecule has 35 heavy (non-hydrogen) atoms. The molecule has 0 saturated carbocycles. The van der Waals surface area contributed by atoms with E-state index in [9.17, 15) is 9.59 Å². The van der Waals surface area contributed by atoms with Crippen LogP contribution in [0.4, 0.5) is 0 Å². The maximum Gasteiger partial charge on any atom is 0.253 e. The number of nitrogens with one attached hydrogen (secondary N) is 1. The fourth-order valence-corrected chi connectivity index (χ4v) is 4.68. The third-order valence-electron chi connectivity index (χ3n) is 6.84. The number of carbonyl (C=O) groups excluding carboxylic acids is 2. The van der Waals surface area contributed by atoms with Gasteiger partial charge in [-0.05, 0) is 68.1 Å². The van der Waals surface area contributed by atoms with Gasteiger partial charge in [0.25, 0.3) is 5.91 Å². The summed E-state index contributed by atoms with van der Waals surface area (Å²) in [6.07, 6.45) is 1.59. The first kappa shape index (κ1) is 22.9. The van der Waals surface area contributed by atoms with Crippen molar-refractivity contribution in [1.82, 2.24) is 15.2 Å². The first-order chi connectivity index (χ1) is 17.0. The first-order valence-electron chi connectivity index (χ1n) is 12.1. The first-order valence-corrected chi connectivity index (χ1v) is 12.1. The van der Waals surface area contributed by atoms with E-state index in [0.29, 0.717) is 42.2 Å². The van der Waals surface area contributed by atoms with Crippen molar-refractivity contribution < 1.29 is 18.4 Å². The van der Waals surface area contributed by atoms with Crippen LogP contribution < -0.4 is 5.32 Å². The lowest BCUT2D eigenvalue weighted by molar-refractivity contribution is -0.126. The molecule has 0 bridgehead atoms. The molecular weight excluding hydrogens is 442 g/mol. The molecule has 2 aromatic heterocycles. The van der Waals surface area contributed by atoms with Crippen LogP contribution >= 0.6 is 0 Å². The quantitative estimate of drug-likeness (QED) is 0.418. The second kappa shape index (κ2) is 9.78. The van der Waals surface area contributed by atoms with Gasteiger partial charge in [-0.15, -0.1) is 0 Å². The van der Waals surface area contributed by atoms with E-state index in [-0.39, 0.29) is 23.7 Å². The Hall–Kier alpha value is -3.87. The van der Waals surface area contributed by atoms with Crippen molar-refractivity contribution in [3.8, 4) is 11.5 Å². The number of hydrogen-bond donors (Lipinski definition) is 1. The molecule has 1 saturated heterocycles. The van der Waals surface area contributed by atoms with Crippen molar-refractivity contribution in [1.29, 1.82) is 0 Å². The van der Waals surface area contributed by atoms with Crippen molar-refractivity contribution in [2.75, 3.05) is 13.1 Å². The van der Waals surface area contributed by atoms with E-state index in [1.54, 1.807) is 12.1 Å². The third-order valence-corrected chi connectivity index (χ3v) is 6.84. The number of benzene rings is 2. The Morgan fingerprint density at radius 3 is 2.54 bits per heavy atom. The van der Waals surface area contributed by atoms with Crippen molar-refractivity contribution in [3.05, 3.63) is 77.7 Å². The smallest absolute Gasteiger partial charge is 0.253 e. The minimum atomic E-state index is -0.119. The fourth-order valence-electron chi connectivity index (χ4n) is 4.68. The molecule has 1 aliphatic rings. The molecule has 180 valence electrons. The van der Waals surface area contributed by atoms with E-state index >= 15 is 0 Å². The van der Waals surface area contributed by atoms with E-state index in [1.807, 2.05) is 67.3 Å². The number of piperidine rings is 1. The fraction of sp³-hybridized carbons (Fsp3) is 0.321. The summed E-state index contributed by atoms with van der Waals surface area (Å²) in [6.45, 7) is 5.50. The predicted molar refractivity (Wildman–Crippen MR) is 133 cm³/mol. The maximum atomic E-state index is 13.2. The zero-order chi connectivity index (χ0) is 24.4. The number of amides is 2. The van der Waals surface area contributed by atoms with Crippen molar-refractivity contribution in [2.45, 2.75) is 33.2 Å². The van der Waals surface area contributed by atoms with Crippen molar-refractivity contribution in [2.24, 2.45) is 11.8 Å². The summed E-state index contributed by atoms with van der Waals surface area (Å²) in [4.78, 5) is 32.3. The van der Waals surface area contributed by atoms with Crippen LogP contribution in [-0.4, -0.2) is 34.8 Å². The van der Waals surface area contributed by atoms with Gasteiger partial charge < -0.3 is 19.1 Å². The van der Waals surface area contributed by atoms with Crippen LogP contribution in [0.3, 0.4) is 0 Å². The topological polar surface area (TPSA) is 88.6 Å². The van der Waals surface area contributed by atoms with Gasteiger partial charge in [-0.25, -0.2) is 4.98 Å². The molecule has 4 aromatic rings. The molecule has 0 aliphatic carbocycles. The number of oxazole rings is 1. The average molecular weight is 472 g/mol. The standard InChI is InChI=1S/C28H29N3O4/c1-18-8-10-23(34-18)17-29-26(32)19(2)20-12-14-31(15-13-20)28(33)22-9-11-25-24(16-22)30-27(35-25)21-6-4-3-5-7-21/h3-11,16,19-20H,12-15,17H2,1-2H3,(H,29,32)/t19-/m0/s1. The van der Waals surface area contributed by atoms with E-state index < -0.39 is 0 Å². The van der Waals surface area contributed by atoms with Gasteiger partial charge in [0, 0.05) is 30.1 Å². The van der Waals surface area contributed by atoms with Gasteiger partial charge in [0.05, 0.1) is 6.54 Å². The molecular formula is C28H29N3O4. The lowest BCUT2D eigenvalue weighted by atomic mass is 9.84. The predicted octanol–water partition coefficient (Wildman–Crippen LogP) is 5.20. The summed E-state index contributed by atoms with van der Waals surface area (Å²) in [5, 5.41) is 2.97. The lowest BCUT2D eigenvalue weighted by Crippen LogP contribution is -2.42. The molecule has 3 heterocycles. The number of nitrogens with zero attached hydrogens (tertiary/aromatic N) is 2. The molecule has 7 nitrogen and oxygen atoms in total. The molecule has 1 N–H and O–H groups in total. The molecule has 1 aliphatic heterocycles. The Kier molecular flexibility index (Phi) is 6.40. The van der Waals surface area contributed by atoms with Crippen LogP contribution in [0.5, 0.6) is 0 Å². The molecule has 5 rings (SSSR count). The zero-order valence-corrected chi connectivity index (χ0v) is 20.0. The van der Waals surface area contributed by atoms with Crippen LogP contribution in [0.15, 0.2) is 69.5 Å². The van der Waals surface area contributed by atoms with Gasteiger partial charge >= 0.3 is 0 Å². The average Bonchev–Trinajstić information content (AvgIpc) is 3.52. The highest BCUT2D eigenvalue weighted by Crippen LogP contribution is 2.28. The van der Waals surface area contributed by atoms with Crippen LogP contribution in [0, 0.1) is 18.8 Å². The van der Waals surface area contributed by atoms with Gasteiger partial charge in [-0.3, -0.25) is 9.59 Å². The summed E-state index contributed by atoms with van der Waals surface area (Å²) < 4.78 is 11.4. The molecule has 7 heteroatoms. The minimum Gasteiger partial charge on any atom is -0.465 e. The third kappa shape index (κ3) is 4.99. The Labute approximate surface area is 204 Å². The highest BCUT2D eigenvalue weighted by molar-refractivity contribution is 5.97. The molecule has 0 spiro atoms. The van der Waals surface area contributed by atoms with Gasteiger partial charge in [0.1, 0.15) is 17.0 Å². The summed E-state index contributed by atoms with van der Waals surface area (Å²) >= 11 is 0. The minimum absolute atomic E-state index is 0.0140. The maximum absolute atomic E-state index is 13.2. The Balaban J connectivity index is 1.18. The molecule has 2 amide bonds. The van der Waals surface area contributed by atoms with Crippen LogP contribution in [-0.2, 0) is 11.3 Å². The Morgan fingerprint density at radius 1 is 1.06 bits per heavy atom. The van der Waals surface area contributed by atoms with E-state index in [1.165, 1.54) is 0 Å². The highest BCUT2D eigenvalue weighted by Gasteiger charge is 2.30. The number of carbonyl (C=O) groups is 2. The van der Waals surface area contributed by atoms with E-state index in [2.05, 4.69) is 10.3 Å². The monoisotopic (exact) mass is 471 g/mol. The number of aromatic nitrogens is 1. The van der Waals surface area contributed by atoms with Gasteiger partial charge in [0.2, 0.25) is 11.8 Å². The SMILES string of the molecule is Cc1ccc(CNC(=O)[C@@H](C)C2CCN(C(=O)c3ccc4oc(-c5ccccc5)nc4c3)CC2)o1. The van der Waals surface area contributed by atoms with Gasteiger partial charge in [0.15, 0.2) is 5.58 Å². The number of likely N-dealkylation sites (tertiary alicyclic amines) is 1. The van der Waals surface area contributed by atoms with Crippen LogP contribution in [0.1, 0.15) is 41.6 Å². The summed E-state index contributed by atoms with van der Waals surface area (Å²) in [7, 11) is 0. The highest BCUT2D eigenvalue weighted by atomic mass is 16.3. The van der Waals surface area contributed by atoms with Gasteiger partial charge in [-0.2, -0.15) is 0 Å². The molecule has 1 atom stereocenters. The second-order valence-corrected chi connectivity index (χ2v) is 9.22. The summed E-state index contributed by atoms with van der Waals surface area (Å²) in [5.74, 6) is 2.26. The molecule has 0 radical (unpaired) electrons. The number of rotatable bonds is 6. The second-order valence-electron chi connectivity index (χ2n) is 9.22. The summed E-state index contributed by atoms with van der Waals surface area (Å²) in [6, 6.07) is 18.9. The lowest BCUT2D eigenvalue weighted by Gasteiger charge is -2.34. The largest absolute Gasteiger partial charge is 0.465 e. The van der Waals surface area contributed by atoms with Gasteiger partial charge in [-0.1, -0.05) is 25.1 Å². The molecule has 1 fully saturated rings. The number of aryl methyl sites for hydroxylation is 1. The van der Waals surface area contributed by atoms with Crippen molar-refractivity contribution >= 4 is 22.9 Å². The molecule has 0 unspecified atom stereocenters. The zero-order valence-electron chi connectivity index (χ0n) is 20.0. The van der Waals surface area contributed by atoms with Crippen LogP contribution in [0.2, 0.25) is 0 Å². The van der Waals surface area contributed by atoms with Crippen molar-refractivity contribution in [3.63, 3.8) is 0 Å². The summed E-state index contributed by atoms with van der Waals surface area (Å²) in [5.41, 5.74) is 2.82. The van der Waals surface area contributed by atoms with E-state index in [0.717, 1.165) is 29.9 Å². The number of fused-ring (bicyclic) bond motifs is 1. The van der Waals surface area contributed by atoms with E-state index in [4.69, 9.17) is 8.83 Å². The van der Waals surface area contributed by atoms with Crippen LogP contribution in [0.25, 0.3) is 22.6 Å². The Morgan fingerprint density at radius 2 is 1.83 bits per heavy atom. The number of furan rings is 1. The normalized spacial score (nSPS) is 15.3. The molecule has 2 aromatic carbocycles. The Bertz CT molecular complexity index is 1330. The number of hydrogen-bond acceptors (Lipinski definition) is 5.